The molecule has 1 amide bonds. The Hall–Kier alpha value is -2.37. The summed E-state index contributed by atoms with van der Waals surface area (Å²) in [6.45, 7) is 8.71. The molecular formula is C24H34N2O3. The van der Waals surface area contributed by atoms with Crippen molar-refractivity contribution in [3.8, 4) is 0 Å². The van der Waals surface area contributed by atoms with Gasteiger partial charge in [0.15, 0.2) is 0 Å². The number of hydrogen-bond acceptors (Lipinski definition) is 4. The van der Waals surface area contributed by atoms with Crippen LogP contribution in [0.5, 0.6) is 0 Å². The van der Waals surface area contributed by atoms with Gasteiger partial charge in [0.25, 0.3) is 0 Å². The molecule has 0 bridgehead atoms. The van der Waals surface area contributed by atoms with Crippen LogP contribution in [-0.2, 0) is 17.6 Å². The molecule has 0 saturated heterocycles. The summed E-state index contributed by atoms with van der Waals surface area (Å²) in [6.07, 6.45) is 0.167. The van der Waals surface area contributed by atoms with E-state index in [0.717, 1.165) is 18.5 Å². The van der Waals surface area contributed by atoms with Gasteiger partial charge in [-0.2, -0.15) is 0 Å². The van der Waals surface area contributed by atoms with E-state index in [1.165, 1.54) is 11.1 Å². The Morgan fingerprint density at radius 3 is 2.38 bits per heavy atom. The Kier molecular flexibility index (Phi) is 8.68. The van der Waals surface area contributed by atoms with E-state index >= 15 is 0 Å². The summed E-state index contributed by atoms with van der Waals surface area (Å²) in [7, 11) is 0. The normalized spacial score (nSPS) is 13.6. The molecular weight excluding hydrogens is 364 g/mol. The molecule has 0 radical (unpaired) electrons. The molecule has 0 unspecified atom stereocenters. The lowest BCUT2D eigenvalue weighted by Gasteiger charge is -2.27. The zero-order chi connectivity index (χ0) is 21.3. The molecule has 0 saturated carbocycles. The molecule has 2 atom stereocenters. The summed E-state index contributed by atoms with van der Waals surface area (Å²) in [5, 5.41) is 16.9. The number of carbonyl (C=O) groups is 1. The van der Waals surface area contributed by atoms with Crippen molar-refractivity contribution < 1.29 is 14.6 Å². The first-order chi connectivity index (χ1) is 13.7. The fourth-order valence-corrected chi connectivity index (χ4v) is 3.12. The van der Waals surface area contributed by atoms with Crippen LogP contribution in [0, 0.1) is 6.92 Å². The van der Waals surface area contributed by atoms with Crippen LogP contribution in [0.25, 0.3) is 0 Å². The number of aliphatic hydroxyl groups is 1. The zero-order valence-corrected chi connectivity index (χ0v) is 17.9. The van der Waals surface area contributed by atoms with Crippen molar-refractivity contribution in [3.05, 3.63) is 71.3 Å². The minimum atomic E-state index is -0.736. The first-order valence-corrected chi connectivity index (χ1v) is 10.2. The summed E-state index contributed by atoms with van der Waals surface area (Å²) in [5.41, 5.74) is 3.02. The average Bonchev–Trinajstić information content (AvgIpc) is 2.65. The second-order valence-electron chi connectivity index (χ2n) is 8.39. The number of ether oxygens (including phenoxy) is 1. The standard InChI is InChI=1S/C24H34N2O3/c1-18-10-8-9-13-20(18)14-15-25-17-22(27)21(16-19-11-6-5-7-12-19)26-23(28)29-24(2,3)4/h5-13,21-22,25,27H,14-17H2,1-4H3,(H,26,28)/t21-,22-/m0/s1. The molecule has 5 heteroatoms. The van der Waals surface area contributed by atoms with Gasteiger partial charge in [0.1, 0.15) is 5.60 Å². The van der Waals surface area contributed by atoms with E-state index in [2.05, 4.69) is 29.7 Å². The molecule has 0 aliphatic rings. The van der Waals surface area contributed by atoms with Gasteiger partial charge in [-0.1, -0.05) is 54.6 Å². The molecule has 0 aliphatic heterocycles. The molecule has 158 valence electrons. The summed E-state index contributed by atoms with van der Waals surface area (Å²) in [5.74, 6) is 0. The summed E-state index contributed by atoms with van der Waals surface area (Å²) < 4.78 is 5.37. The highest BCUT2D eigenvalue weighted by molar-refractivity contribution is 5.68. The highest BCUT2D eigenvalue weighted by Gasteiger charge is 2.24. The number of nitrogens with one attached hydrogen (secondary N) is 2. The van der Waals surface area contributed by atoms with Gasteiger partial charge in [0.2, 0.25) is 0 Å². The predicted octanol–water partition coefficient (Wildman–Crippen LogP) is 3.62. The van der Waals surface area contributed by atoms with Gasteiger partial charge in [-0.15, -0.1) is 0 Å². The van der Waals surface area contributed by atoms with Crippen molar-refractivity contribution in [2.24, 2.45) is 0 Å². The number of benzene rings is 2. The Bertz CT molecular complexity index is 756. The highest BCUT2D eigenvalue weighted by Crippen LogP contribution is 2.11. The van der Waals surface area contributed by atoms with E-state index in [1.807, 2.05) is 63.2 Å². The number of rotatable bonds is 9. The van der Waals surface area contributed by atoms with Crippen molar-refractivity contribution in [3.63, 3.8) is 0 Å². The van der Waals surface area contributed by atoms with Crippen LogP contribution in [0.15, 0.2) is 54.6 Å². The van der Waals surface area contributed by atoms with Gasteiger partial charge in [-0.3, -0.25) is 0 Å². The fourth-order valence-electron chi connectivity index (χ4n) is 3.12. The molecule has 0 aliphatic carbocycles. The van der Waals surface area contributed by atoms with E-state index in [1.54, 1.807) is 0 Å². The molecule has 0 spiro atoms. The highest BCUT2D eigenvalue weighted by atomic mass is 16.6. The Balaban J connectivity index is 1.91. The zero-order valence-electron chi connectivity index (χ0n) is 17.9. The fraction of sp³-hybridized carbons (Fsp3) is 0.458. The van der Waals surface area contributed by atoms with E-state index in [0.29, 0.717) is 13.0 Å². The summed E-state index contributed by atoms with van der Waals surface area (Å²) >= 11 is 0. The largest absolute Gasteiger partial charge is 0.444 e. The first-order valence-electron chi connectivity index (χ1n) is 10.2. The predicted molar refractivity (Wildman–Crippen MR) is 117 cm³/mol. The van der Waals surface area contributed by atoms with Crippen LogP contribution in [0.3, 0.4) is 0 Å². The third kappa shape index (κ3) is 8.67. The topological polar surface area (TPSA) is 70.6 Å². The summed E-state index contributed by atoms with van der Waals surface area (Å²) in [4.78, 5) is 12.3. The van der Waals surface area contributed by atoms with Gasteiger partial charge in [0.05, 0.1) is 12.1 Å². The molecule has 3 N–H and O–H groups in total. The number of aryl methyl sites for hydroxylation is 1. The van der Waals surface area contributed by atoms with Crippen LogP contribution in [0.4, 0.5) is 4.79 Å². The van der Waals surface area contributed by atoms with E-state index in [9.17, 15) is 9.90 Å². The van der Waals surface area contributed by atoms with Crippen molar-refractivity contribution >= 4 is 6.09 Å². The molecule has 2 aromatic rings. The van der Waals surface area contributed by atoms with Crippen molar-refractivity contribution in [2.45, 2.75) is 58.3 Å². The van der Waals surface area contributed by atoms with Crippen LogP contribution >= 0.6 is 0 Å². The van der Waals surface area contributed by atoms with Gasteiger partial charge in [-0.25, -0.2) is 4.79 Å². The SMILES string of the molecule is Cc1ccccc1CCNC[C@H](O)[C@H](Cc1ccccc1)NC(=O)OC(C)(C)C. The van der Waals surface area contributed by atoms with Gasteiger partial charge < -0.3 is 20.5 Å². The lowest BCUT2D eigenvalue weighted by atomic mass is 10.0. The number of alkyl carbamates (subject to hydrolysis) is 1. The quantitative estimate of drug-likeness (QED) is 0.564. The van der Waals surface area contributed by atoms with Crippen LogP contribution < -0.4 is 10.6 Å². The maximum absolute atomic E-state index is 12.3. The van der Waals surface area contributed by atoms with E-state index in [-0.39, 0.29) is 0 Å². The lowest BCUT2D eigenvalue weighted by molar-refractivity contribution is 0.0423. The molecule has 0 aromatic heterocycles. The monoisotopic (exact) mass is 398 g/mol. The Morgan fingerprint density at radius 2 is 1.72 bits per heavy atom. The average molecular weight is 399 g/mol. The second-order valence-corrected chi connectivity index (χ2v) is 8.39. The van der Waals surface area contributed by atoms with E-state index < -0.39 is 23.8 Å². The summed E-state index contributed by atoms with van der Waals surface area (Å²) in [6, 6.07) is 17.7. The van der Waals surface area contributed by atoms with Crippen molar-refractivity contribution in [2.75, 3.05) is 13.1 Å². The van der Waals surface area contributed by atoms with Crippen LogP contribution in [0.1, 0.15) is 37.5 Å². The molecule has 0 heterocycles. The molecule has 5 nitrogen and oxygen atoms in total. The molecule has 2 aromatic carbocycles. The molecule has 29 heavy (non-hydrogen) atoms. The number of amides is 1. The first kappa shape index (κ1) is 22.9. The van der Waals surface area contributed by atoms with Gasteiger partial charge >= 0.3 is 6.09 Å². The maximum atomic E-state index is 12.3. The lowest BCUT2D eigenvalue weighted by Crippen LogP contribution is -2.50. The van der Waals surface area contributed by atoms with E-state index in [4.69, 9.17) is 4.74 Å². The maximum Gasteiger partial charge on any atom is 0.407 e. The molecule has 2 rings (SSSR count). The smallest absolute Gasteiger partial charge is 0.407 e. The number of aliphatic hydroxyl groups excluding tert-OH is 1. The third-order valence-electron chi connectivity index (χ3n) is 4.65. The number of hydrogen-bond donors (Lipinski definition) is 3. The van der Waals surface area contributed by atoms with Crippen LogP contribution in [0.2, 0.25) is 0 Å². The van der Waals surface area contributed by atoms with Crippen molar-refractivity contribution in [1.29, 1.82) is 0 Å². The Labute approximate surface area is 174 Å². The number of carbonyl (C=O) groups excluding carboxylic acids is 1. The van der Waals surface area contributed by atoms with Gasteiger partial charge in [0, 0.05) is 6.54 Å². The van der Waals surface area contributed by atoms with Gasteiger partial charge in [-0.05, 0) is 63.8 Å². The Morgan fingerprint density at radius 1 is 1.07 bits per heavy atom. The minimum absolute atomic E-state index is 0.388. The van der Waals surface area contributed by atoms with Crippen molar-refractivity contribution in [1.82, 2.24) is 10.6 Å². The molecule has 0 fully saturated rings. The van der Waals surface area contributed by atoms with Crippen LogP contribution in [-0.4, -0.2) is 42.0 Å². The third-order valence-corrected chi connectivity index (χ3v) is 4.65. The minimum Gasteiger partial charge on any atom is -0.444 e. The second kappa shape index (κ2) is 11.0.